The molecular formula is C17H11ClN2O3. The van der Waals surface area contributed by atoms with Gasteiger partial charge in [-0.05, 0) is 36.8 Å². The minimum atomic E-state index is -0.568. The third-order valence-corrected chi connectivity index (χ3v) is 4.07. The quantitative estimate of drug-likeness (QED) is 0.583. The van der Waals surface area contributed by atoms with E-state index in [-0.39, 0.29) is 5.58 Å². The van der Waals surface area contributed by atoms with Crippen LogP contribution in [0.2, 0.25) is 5.02 Å². The molecule has 2 aromatic carbocycles. The van der Waals surface area contributed by atoms with Crippen LogP contribution in [0.25, 0.3) is 27.8 Å². The van der Waals surface area contributed by atoms with Crippen LogP contribution < -0.4 is 11.2 Å². The van der Waals surface area contributed by atoms with Crippen molar-refractivity contribution >= 4 is 33.7 Å². The number of fused-ring (bicyclic) bond motifs is 3. The minimum absolute atomic E-state index is 0.0780. The third-order valence-electron chi connectivity index (χ3n) is 3.75. The van der Waals surface area contributed by atoms with Crippen LogP contribution in [0.4, 0.5) is 0 Å². The smallest absolute Gasteiger partial charge is 0.333 e. The third kappa shape index (κ3) is 2.01. The molecule has 0 spiro atoms. The van der Waals surface area contributed by atoms with Gasteiger partial charge in [0, 0.05) is 0 Å². The van der Waals surface area contributed by atoms with Crippen LogP contribution in [-0.2, 0) is 0 Å². The fourth-order valence-electron chi connectivity index (χ4n) is 2.78. The summed E-state index contributed by atoms with van der Waals surface area (Å²) in [7, 11) is 0. The van der Waals surface area contributed by atoms with Crippen LogP contribution in [0.3, 0.4) is 0 Å². The lowest BCUT2D eigenvalue weighted by atomic mass is 10.2. The second-order valence-electron chi connectivity index (χ2n) is 5.33. The molecular weight excluding hydrogens is 316 g/mol. The van der Waals surface area contributed by atoms with E-state index in [4.69, 9.17) is 16.0 Å². The summed E-state index contributed by atoms with van der Waals surface area (Å²) in [6, 6.07) is 12.6. The molecule has 6 heteroatoms. The van der Waals surface area contributed by atoms with Crippen molar-refractivity contribution in [2.75, 3.05) is 0 Å². The zero-order valence-corrected chi connectivity index (χ0v) is 12.8. The first-order valence-electron chi connectivity index (χ1n) is 6.99. The van der Waals surface area contributed by atoms with Gasteiger partial charge in [0.1, 0.15) is 11.1 Å². The molecule has 114 valence electrons. The zero-order chi connectivity index (χ0) is 16.1. The molecule has 0 aliphatic rings. The Hall–Kier alpha value is -2.79. The standard InChI is InChI=1S/C17H11ClN2O3/c1-9-4-2-5-10(8-9)20-14-13-11(18)6-3-7-12(13)23-15(14)16(21)19-17(20)22/h2-8H,1H3,(H,19,21,22). The predicted octanol–water partition coefficient (Wildman–Crippen LogP) is 3.39. The summed E-state index contributed by atoms with van der Waals surface area (Å²) in [6.07, 6.45) is 0. The highest BCUT2D eigenvalue weighted by Gasteiger charge is 2.19. The van der Waals surface area contributed by atoms with E-state index in [2.05, 4.69) is 4.98 Å². The molecule has 0 saturated carbocycles. The zero-order valence-electron chi connectivity index (χ0n) is 12.1. The van der Waals surface area contributed by atoms with Crippen molar-refractivity contribution in [3.8, 4) is 5.69 Å². The van der Waals surface area contributed by atoms with E-state index in [1.165, 1.54) is 4.57 Å². The topological polar surface area (TPSA) is 68.0 Å². The molecule has 2 aromatic heterocycles. The van der Waals surface area contributed by atoms with Crippen LogP contribution in [-0.4, -0.2) is 9.55 Å². The van der Waals surface area contributed by atoms with Gasteiger partial charge < -0.3 is 4.42 Å². The van der Waals surface area contributed by atoms with Crippen molar-refractivity contribution in [2.24, 2.45) is 0 Å². The van der Waals surface area contributed by atoms with E-state index in [1.807, 2.05) is 25.1 Å². The Balaban J connectivity index is 2.30. The first kappa shape index (κ1) is 13.8. The molecule has 0 aliphatic carbocycles. The highest BCUT2D eigenvalue weighted by Crippen LogP contribution is 2.32. The highest BCUT2D eigenvalue weighted by atomic mass is 35.5. The molecule has 0 amide bonds. The number of hydrogen-bond acceptors (Lipinski definition) is 3. The number of aromatic amines is 1. The molecule has 0 radical (unpaired) electrons. The van der Waals surface area contributed by atoms with E-state index < -0.39 is 11.2 Å². The molecule has 0 bridgehead atoms. The van der Waals surface area contributed by atoms with Crippen LogP contribution in [0.15, 0.2) is 56.5 Å². The molecule has 5 nitrogen and oxygen atoms in total. The lowest BCUT2D eigenvalue weighted by Crippen LogP contribution is -2.28. The number of nitrogens with zero attached hydrogens (tertiary/aromatic N) is 1. The second-order valence-corrected chi connectivity index (χ2v) is 5.73. The van der Waals surface area contributed by atoms with Gasteiger partial charge in [0.15, 0.2) is 0 Å². The van der Waals surface area contributed by atoms with Crippen LogP contribution in [0.5, 0.6) is 0 Å². The van der Waals surface area contributed by atoms with E-state index >= 15 is 0 Å². The largest absolute Gasteiger partial charge is 0.449 e. The Labute approximate surface area is 134 Å². The number of nitrogens with one attached hydrogen (secondary N) is 1. The lowest BCUT2D eigenvalue weighted by Gasteiger charge is -2.08. The van der Waals surface area contributed by atoms with E-state index in [0.29, 0.717) is 27.2 Å². The Morgan fingerprint density at radius 1 is 1.13 bits per heavy atom. The van der Waals surface area contributed by atoms with Crippen molar-refractivity contribution in [2.45, 2.75) is 6.92 Å². The summed E-state index contributed by atoms with van der Waals surface area (Å²) < 4.78 is 7.04. The number of H-pyrrole nitrogens is 1. The fourth-order valence-corrected chi connectivity index (χ4v) is 3.04. The molecule has 2 heterocycles. The number of aromatic nitrogens is 2. The molecule has 4 aromatic rings. The Morgan fingerprint density at radius 3 is 2.70 bits per heavy atom. The second kappa shape index (κ2) is 4.86. The van der Waals surface area contributed by atoms with Crippen molar-refractivity contribution in [3.63, 3.8) is 0 Å². The summed E-state index contributed by atoms with van der Waals surface area (Å²) in [6.45, 7) is 1.93. The van der Waals surface area contributed by atoms with E-state index in [9.17, 15) is 9.59 Å². The van der Waals surface area contributed by atoms with Gasteiger partial charge in [-0.15, -0.1) is 0 Å². The number of hydrogen-bond donors (Lipinski definition) is 1. The molecule has 0 aliphatic heterocycles. The summed E-state index contributed by atoms with van der Waals surface area (Å²) in [4.78, 5) is 26.9. The van der Waals surface area contributed by atoms with Crippen LogP contribution in [0.1, 0.15) is 5.56 Å². The maximum absolute atomic E-state index is 12.4. The monoisotopic (exact) mass is 326 g/mol. The van der Waals surface area contributed by atoms with E-state index in [0.717, 1.165) is 5.56 Å². The lowest BCUT2D eigenvalue weighted by molar-refractivity contribution is 0.658. The number of halogens is 1. The van der Waals surface area contributed by atoms with Crippen molar-refractivity contribution < 1.29 is 4.42 Å². The maximum atomic E-state index is 12.4. The summed E-state index contributed by atoms with van der Waals surface area (Å²) in [5.74, 6) is 0. The molecule has 4 rings (SSSR count). The number of benzene rings is 2. The fraction of sp³-hybridized carbons (Fsp3) is 0.0588. The summed E-state index contributed by atoms with van der Waals surface area (Å²) in [5.41, 5.74) is 1.45. The maximum Gasteiger partial charge on any atom is 0.333 e. The van der Waals surface area contributed by atoms with Gasteiger partial charge in [0.05, 0.1) is 16.1 Å². The SMILES string of the molecule is Cc1cccc(-n2c(=O)[nH]c(=O)c3oc4cccc(Cl)c4c32)c1. The molecule has 0 unspecified atom stereocenters. The molecule has 0 atom stereocenters. The van der Waals surface area contributed by atoms with Gasteiger partial charge in [-0.3, -0.25) is 14.3 Å². The van der Waals surface area contributed by atoms with Crippen LogP contribution >= 0.6 is 11.6 Å². The van der Waals surface area contributed by atoms with Crippen molar-refractivity contribution in [1.29, 1.82) is 0 Å². The highest BCUT2D eigenvalue weighted by molar-refractivity contribution is 6.37. The van der Waals surface area contributed by atoms with Crippen LogP contribution in [0, 0.1) is 6.92 Å². The van der Waals surface area contributed by atoms with Gasteiger partial charge in [-0.1, -0.05) is 29.8 Å². The first-order valence-corrected chi connectivity index (χ1v) is 7.37. The summed E-state index contributed by atoms with van der Waals surface area (Å²) >= 11 is 6.29. The normalized spacial score (nSPS) is 11.4. The van der Waals surface area contributed by atoms with E-state index in [1.54, 1.807) is 24.3 Å². The van der Waals surface area contributed by atoms with Gasteiger partial charge in [-0.25, -0.2) is 4.79 Å². The average Bonchev–Trinajstić information content (AvgIpc) is 2.89. The number of furan rings is 1. The van der Waals surface area contributed by atoms with Crippen molar-refractivity contribution in [3.05, 3.63) is 73.9 Å². The Kier molecular flexibility index (Phi) is 2.92. The average molecular weight is 327 g/mol. The van der Waals surface area contributed by atoms with Gasteiger partial charge in [0.2, 0.25) is 5.58 Å². The summed E-state index contributed by atoms with van der Waals surface area (Å²) in [5, 5.41) is 0.974. The van der Waals surface area contributed by atoms with Gasteiger partial charge in [-0.2, -0.15) is 0 Å². The number of rotatable bonds is 1. The molecule has 0 fully saturated rings. The molecule has 23 heavy (non-hydrogen) atoms. The van der Waals surface area contributed by atoms with Crippen molar-refractivity contribution in [1.82, 2.24) is 9.55 Å². The first-order chi connectivity index (χ1) is 11.1. The Bertz CT molecular complexity index is 1180. The number of aryl methyl sites for hydroxylation is 1. The molecule has 0 saturated heterocycles. The minimum Gasteiger partial charge on any atom is -0.449 e. The molecule has 1 N–H and O–H groups in total. The predicted molar refractivity (Wildman–Crippen MR) is 89.7 cm³/mol. The van der Waals surface area contributed by atoms with Gasteiger partial charge in [0.25, 0.3) is 5.56 Å². The van der Waals surface area contributed by atoms with Gasteiger partial charge >= 0.3 is 5.69 Å². The Morgan fingerprint density at radius 2 is 1.91 bits per heavy atom.